The highest BCUT2D eigenvalue weighted by Gasteiger charge is 2.05. The van der Waals surface area contributed by atoms with E-state index in [0.29, 0.717) is 5.56 Å². The van der Waals surface area contributed by atoms with Crippen LogP contribution in [0.2, 0.25) is 0 Å². The molecule has 17 heavy (non-hydrogen) atoms. The first kappa shape index (κ1) is 11.8. The van der Waals surface area contributed by atoms with E-state index in [-0.39, 0.29) is 5.91 Å². The molecule has 0 fully saturated rings. The van der Waals surface area contributed by atoms with E-state index in [0.717, 1.165) is 16.6 Å². The third-order valence-electron chi connectivity index (χ3n) is 2.28. The minimum Gasteiger partial charge on any atom is -0.322 e. The van der Waals surface area contributed by atoms with Crippen LogP contribution >= 0.6 is 15.9 Å². The van der Waals surface area contributed by atoms with Gasteiger partial charge in [0.05, 0.1) is 0 Å². The number of carbonyl (C=O) groups excluding carboxylic acids is 1. The quantitative estimate of drug-likeness (QED) is 0.882. The van der Waals surface area contributed by atoms with Crippen LogP contribution in [0.3, 0.4) is 0 Å². The lowest BCUT2D eigenvalue weighted by atomic mass is 10.2. The van der Waals surface area contributed by atoms with Crippen molar-refractivity contribution in [3.63, 3.8) is 0 Å². The monoisotopic (exact) mass is 290 g/mol. The van der Waals surface area contributed by atoms with Crippen molar-refractivity contribution >= 4 is 27.5 Å². The molecule has 0 saturated heterocycles. The van der Waals surface area contributed by atoms with Gasteiger partial charge in [-0.2, -0.15) is 0 Å². The maximum Gasteiger partial charge on any atom is 0.255 e. The first-order valence-corrected chi connectivity index (χ1v) is 6.28. The van der Waals surface area contributed by atoms with Gasteiger partial charge in [0.2, 0.25) is 0 Å². The molecule has 1 N–H and O–H groups in total. The maximum atomic E-state index is 11.9. The smallest absolute Gasteiger partial charge is 0.255 e. The van der Waals surface area contributed by atoms with Crippen molar-refractivity contribution in [1.29, 1.82) is 0 Å². The standard InChI is InChI=1S/C13H11BrN2O/c14-9-10-2-1-3-12(8-10)16-13(17)11-4-6-15-7-5-11/h1-8H,9H2,(H,16,17). The molecule has 0 unspecified atom stereocenters. The highest BCUT2D eigenvalue weighted by Crippen LogP contribution is 2.14. The number of anilines is 1. The van der Waals surface area contributed by atoms with E-state index >= 15 is 0 Å². The van der Waals surface area contributed by atoms with Crippen LogP contribution in [0.25, 0.3) is 0 Å². The van der Waals surface area contributed by atoms with E-state index in [1.165, 1.54) is 0 Å². The molecule has 1 aromatic carbocycles. The van der Waals surface area contributed by atoms with Crippen LogP contribution in [-0.2, 0) is 5.33 Å². The summed E-state index contributed by atoms with van der Waals surface area (Å²) >= 11 is 3.38. The lowest BCUT2D eigenvalue weighted by Crippen LogP contribution is -2.11. The van der Waals surface area contributed by atoms with Crippen LogP contribution in [0.1, 0.15) is 15.9 Å². The van der Waals surface area contributed by atoms with Crippen molar-refractivity contribution in [2.24, 2.45) is 0 Å². The Kier molecular flexibility index (Phi) is 3.88. The first-order valence-electron chi connectivity index (χ1n) is 5.16. The van der Waals surface area contributed by atoms with Crippen LogP contribution < -0.4 is 5.32 Å². The Morgan fingerprint density at radius 3 is 2.71 bits per heavy atom. The number of nitrogens with one attached hydrogen (secondary N) is 1. The molecule has 0 bridgehead atoms. The van der Waals surface area contributed by atoms with E-state index in [9.17, 15) is 4.79 Å². The third-order valence-corrected chi connectivity index (χ3v) is 2.93. The van der Waals surface area contributed by atoms with Crippen molar-refractivity contribution in [3.05, 3.63) is 59.9 Å². The number of alkyl halides is 1. The lowest BCUT2D eigenvalue weighted by Gasteiger charge is -2.06. The molecular formula is C13H11BrN2O. The molecule has 0 atom stereocenters. The summed E-state index contributed by atoms with van der Waals surface area (Å²) in [7, 11) is 0. The first-order chi connectivity index (χ1) is 8.29. The second kappa shape index (κ2) is 5.59. The summed E-state index contributed by atoms with van der Waals surface area (Å²) in [5.74, 6) is -0.126. The van der Waals surface area contributed by atoms with Crippen molar-refractivity contribution < 1.29 is 4.79 Å². The zero-order chi connectivity index (χ0) is 12.1. The van der Waals surface area contributed by atoms with Crippen LogP contribution in [0.5, 0.6) is 0 Å². The number of benzene rings is 1. The second-order valence-electron chi connectivity index (χ2n) is 3.52. The molecule has 3 nitrogen and oxygen atoms in total. The summed E-state index contributed by atoms with van der Waals surface area (Å²) in [6.07, 6.45) is 3.20. The molecule has 1 amide bonds. The molecule has 1 aromatic heterocycles. The molecular weight excluding hydrogens is 280 g/mol. The third kappa shape index (κ3) is 3.14. The molecule has 0 spiro atoms. The lowest BCUT2D eigenvalue weighted by molar-refractivity contribution is 0.102. The number of halogens is 1. The summed E-state index contributed by atoms with van der Waals surface area (Å²) in [5, 5.41) is 3.62. The van der Waals surface area contributed by atoms with Crippen molar-refractivity contribution in [1.82, 2.24) is 4.98 Å². The number of rotatable bonds is 3. The Hall–Kier alpha value is -1.68. The van der Waals surface area contributed by atoms with E-state index in [1.807, 2.05) is 24.3 Å². The average Bonchev–Trinajstić information content (AvgIpc) is 2.40. The van der Waals surface area contributed by atoms with Gasteiger partial charge in [0.1, 0.15) is 0 Å². The molecule has 4 heteroatoms. The van der Waals surface area contributed by atoms with E-state index in [2.05, 4.69) is 26.2 Å². The van der Waals surface area contributed by atoms with Gasteiger partial charge < -0.3 is 5.32 Å². The Bertz CT molecular complexity index is 514. The normalized spacial score (nSPS) is 9.94. The molecule has 0 aliphatic carbocycles. The number of amides is 1. The van der Waals surface area contributed by atoms with Crippen molar-refractivity contribution in [2.45, 2.75) is 5.33 Å². The van der Waals surface area contributed by atoms with Gasteiger partial charge in [-0.05, 0) is 29.8 Å². The van der Waals surface area contributed by atoms with Gasteiger partial charge in [-0.3, -0.25) is 9.78 Å². The van der Waals surface area contributed by atoms with Gasteiger partial charge in [-0.1, -0.05) is 28.1 Å². The van der Waals surface area contributed by atoms with Crippen LogP contribution in [0.4, 0.5) is 5.69 Å². The van der Waals surface area contributed by atoms with E-state index in [1.54, 1.807) is 24.5 Å². The molecule has 2 aromatic rings. The summed E-state index contributed by atoms with van der Waals surface area (Å²) < 4.78 is 0. The number of pyridine rings is 1. The highest BCUT2D eigenvalue weighted by molar-refractivity contribution is 9.08. The maximum absolute atomic E-state index is 11.9. The largest absolute Gasteiger partial charge is 0.322 e. The minimum atomic E-state index is -0.126. The van der Waals surface area contributed by atoms with Gasteiger partial charge in [0.25, 0.3) is 5.91 Å². The molecule has 2 rings (SSSR count). The van der Waals surface area contributed by atoms with Gasteiger partial charge in [0.15, 0.2) is 0 Å². The molecule has 86 valence electrons. The Labute approximate surface area is 108 Å². The summed E-state index contributed by atoms with van der Waals surface area (Å²) in [4.78, 5) is 15.7. The SMILES string of the molecule is O=C(Nc1cccc(CBr)c1)c1ccncc1. The number of nitrogens with zero attached hydrogens (tertiary/aromatic N) is 1. The van der Waals surface area contributed by atoms with Crippen molar-refractivity contribution in [3.8, 4) is 0 Å². The number of hydrogen-bond acceptors (Lipinski definition) is 2. The average molecular weight is 291 g/mol. The number of hydrogen-bond donors (Lipinski definition) is 1. The van der Waals surface area contributed by atoms with Gasteiger partial charge in [-0.25, -0.2) is 0 Å². The summed E-state index contributed by atoms with van der Waals surface area (Å²) in [6, 6.07) is 11.1. The van der Waals surface area contributed by atoms with E-state index < -0.39 is 0 Å². The van der Waals surface area contributed by atoms with Gasteiger partial charge >= 0.3 is 0 Å². The Morgan fingerprint density at radius 1 is 1.24 bits per heavy atom. The molecule has 0 aliphatic rings. The second-order valence-corrected chi connectivity index (χ2v) is 4.08. The van der Waals surface area contributed by atoms with Crippen molar-refractivity contribution in [2.75, 3.05) is 5.32 Å². The van der Waals surface area contributed by atoms with Crippen LogP contribution in [0.15, 0.2) is 48.8 Å². The predicted octanol–water partition coefficient (Wildman–Crippen LogP) is 3.23. The fraction of sp³-hybridized carbons (Fsp3) is 0.0769. The zero-order valence-electron chi connectivity index (χ0n) is 9.06. The predicted molar refractivity (Wildman–Crippen MR) is 71.3 cm³/mol. The van der Waals surface area contributed by atoms with E-state index in [4.69, 9.17) is 0 Å². The molecule has 1 heterocycles. The molecule has 0 saturated carbocycles. The molecule has 0 radical (unpaired) electrons. The fourth-order valence-electron chi connectivity index (χ4n) is 1.44. The Morgan fingerprint density at radius 2 is 2.00 bits per heavy atom. The van der Waals surface area contributed by atoms with Crippen LogP contribution in [-0.4, -0.2) is 10.9 Å². The zero-order valence-corrected chi connectivity index (χ0v) is 10.6. The Balaban J connectivity index is 2.13. The number of aromatic nitrogens is 1. The highest BCUT2D eigenvalue weighted by atomic mass is 79.9. The minimum absolute atomic E-state index is 0.126. The van der Waals surface area contributed by atoms with Gasteiger partial charge in [0, 0.05) is 29.0 Å². The fourth-order valence-corrected chi connectivity index (χ4v) is 1.79. The number of carbonyl (C=O) groups is 1. The van der Waals surface area contributed by atoms with Crippen LogP contribution in [0, 0.1) is 0 Å². The molecule has 0 aliphatic heterocycles. The van der Waals surface area contributed by atoms with Gasteiger partial charge in [-0.15, -0.1) is 0 Å². The topological polar surface area (TPSA) is 42.0 Å². The summed E-state index contributed by atoms with van der Waals surface area (Å²) in [6.45, 7) is 0. The summed E-state index contributed by atoms with van der Waals surface area (Å²) in [5.41, 5.74) is 2.52.